The minimum Gasteiger partial charge on any atom is -0.462 e. The van der Waals surface area contributed by atoms with Crippen LogP contribution in [0.5, 0.6) is 0 Å². The number of para-hydroxylation sites is 1. The Morgan fingerprint density at radius 2 is 1.00 bits per heavy atom. The normalized spacial score (nSPS) is 12.2. The van der Waals surface area contributed by atoms with Crippen molar-refractivity contribution in [3.8, 4) is 0 Å². The molecule has 3 aromatic carbocycles. The summed E-state index contributed by atoms with van der Waals surface area (Å²) in [5, 5.41) is 0. The van der Waals surface area contributed by atoms with Gasteiger partial charge in [-0.25, -0.2) is 9.59 Å². The van der Waals surface area contributed by atoms with Crippen molar-refractivity contribution in [2.75, 3.05) is 18.1 Å². The Labute approximate surface area is 232 Å². The van der Waals surface area contributed by atoms with Crippen LogP contribution in [-0.4, -0.2) is 25.2 Å². The molecule has 2 unspecified atom stereocenters. The standard InChI is InChI=1S/C34H39NO4/c1-24(2)33(36)38-22-26(5)20-28-12-16-31(17-13-28)35(30-10-8-7-9-11-30)32-18-14-29(15-19-32)21-27(6)23-39-34(37)25(3)4/h7-19,26-27H,1,3,20-23H2,2,4-6H3. The molecule has 0 bridgehead atoms. The lowest BCUT2D eigenvalue weighted by Crippen LogP contribution is -2.14. The maximum atomic E-state index is 11.7. The summed E-state index contributed by atoms with van der Waals surface area (Å²) in [5.41, 5.74) is 6.37. The van der Waals surface area contributed by atoms with E-state index < -0.39 is 0 Å². The van der Waals surface area contributed by atoms with Crippen LogP contribution in [0.15, 0.2) is 103 Å². The zero-order valence-electron chi connectivity index (χ0n) is 23.5. The monoisotopic (exact) mass is 525 g/mol. The van der Waals surface area contributed by atoms with Gasteiger partial charge in [-0.15, -0.1) is 0 Å². The Bertz CT molecular complexity index is 1180. The van der Waals surface area contributed by atoms with Crippen molar-refractivity contribution in [3.05, 3.63) is 114 Å². The molecule has 2 atom stereocenters. The Hall–Kier alpha value is -4.12. The minimum atomic E-state index is -0.345. The summed E-state index contributed by atoms with van der Waals surface area (Å²) in [7, 11) is 0. The van der Waals surface area contributed by atoms with Gasteiger partial charge in [0.1, 0.15) is 0 Å². The first-order valence-corrected chi connectivity index (χ1v) is 13.3. The van der Waals surface area contributed by atoms with Crippen LogP contribution in [0.1, 0.15) is 38.8 Å². The predicted molar refractivity (Wildman–Crippen MR) is 158 cm³/mol. The summed E-state index contributed by atoms with van der Waals surface area (Å²) >= 11 is 0. The van der Waals surface area contributed by atoms with Gasteiger partial charge in [0.15, 0.2) is 0 Å². The van der Waals surface area contributed by atoms with E-state index in [0.717, 1.165) is 29.9 Å². The fourth-order valence-corrected chi connectivity index (χ4v) is 4.19. The maximum Gasteiger partial charge on any atom is 0.333 e. The molecule has 0 saturated heterocycles. The fourth-order valence-electron chi connectivity index (χ4n) is 4.19. The van der Waals surface area contributed by atoms with Crippen molar-refractivity contribution in [2.45, 2.75) is 40.5 Å². The van der Waals surface area contributed by atoms with Crippen LogP contribution < -0.4 is 4.90 Å². The van der Waals surface area contributed by atoms with Gasteiger partial charge in [-0.05, 0) is 86.1 Å². The van der Waals surface area contributed by atoms with Crippen LogP contribution in [0.3, 0.4) is 0 Å². The number of hydrogen-bond acceptors (Lipinski definition) is 5. The second-order valence-corrected chi connectivity index (χ2v) is 10.4. The first-order chi connectivity index (χ1) is 18.6. The SMILES string of the molecule is C=C(C)C(=O)OCC(C)Cc1ccc(N(c2ccccc2)c2ccc(CC(C)COC(=O)C(=C)C)cc2)cc1. The van der Waals surface area contributed by atoms with Gasteiger partial charge in [-0.2, -0.15) is 0 Å². The Morgan fingerprint density at radius 3 is 1.36 bits per heavy atom. The van der Waals surface area contributed by atoms with E-state index in [-0.39, 0.29) is 23.8 Å². The van der Waals surface area contributed by atoms with E-state index in [2.05, 4.69) is 92.6 Å². The third kappa shape index (κ3) is 8.99. The van der Waals surface area contributed by atoms with Crippen LogP contribution in [0, 0.1) is 11.8 Å². The van der Waals surface area contributed by atoms with E-state index in [1.165, 1.54) is 11.1 Å². The highest BCUT2D eigenvalue weighted by Gasteiger charge is 2.15. The van der Waals surface area contributed by atoms with Crippen molar-refractivity contribution >= 4 is 29.0 Å². The predicted octanol–water partition coefficient (Wildman–Crippen LogP) is 7.75. The largest absolute Gasteiger partial charge is 0.462 e. The lowest BCUT2D eigenvalue weighted by molar-refractivity contribution is -0.140. The number of ether oxygens (including phenoxy) is 2. The molecule has 5 nitrogen and oxygen atoms in total. The summed E-state index contributed by atoms with van der Waals surface area (Å²) in [5.74, 6) is -0.294. The van der Waals surface area contributed by atoms with Crippen molar-refractivity contribution in [2.24, 2.45) is 11.8 Å². The van der Waals surface area contributed by atoms with Crippen molar-refractivity contribution in [1.29, 1.82) is 0 Å². The number of carbonyl (C=O) groups is 2. The summed E-state index contributed by atoms with van der Waals surface area (Å²) in [6.07, 6.45) is 1.62. The number of esters is 2. The van der Waals surface area contributed by atoms with Crippen LogP contribution in [-0.2, 0) is 31.9 Å². The van der Waals surface area contributed by atoms with Gasteiger partial charge in [0.05, 0.1) is 13.2 Å². The summed E-state index contributed by atoms with van der Waals surface area (Å²) in [4.78, 5) is 25.6. The number of rotatable bonds is 13. The average molecular weight is 526 g/mol. The number of anilines is 3. The van der Waals surface area contributed by atoms with E-state index in [9.17, 15) is 9.59 Å². The molecule has 0 fully saturated rings. The highest BCUT2D eigenvalue weighted by atomic mass is 16.5. The number of hydrogen-bond donors (Lipinski definition) is 0. The summed E-state index contributed by atoms with van der Waals surface area (Å²) < 4.78 is 10.6. The van der Waals surface area contributed by atoms with Crippen molar-refractivity contribution in [3.63, 3.8) is 0 Å². The second kappa shape index (κ2) is 14.1. The van der Waals surface area contributed by atoms with Gasteiger partial charge in [0.2, 0.25) is 0 Å². The molecule has 0 heterocycles. The van der Waals surface area contributed by atoms with E-state index in [1.807, 2.05) is 18.2 Å². The molecule has 0 N–H and O–H groups in total. The molecular weight excluding hydrogens is 486 g/mol. The Kier molecular flexibility index (Phi) is 10.7. The number of carbonyl (C=O) groups excluding carboxylic acids is 2. The molecule has 0 aromatic heterocycles. The van der Waals surface area contributed by atoms with Crippen LogP contribution in [0.4, 0.5) is 17.1 Å². The van der Waals surface area contributed by atoms with Crippen LogP contribution in [0.2, 0.25) is 0 Å². The lowest BCUT2D eigenvalue weighted by Gasteiger charge is -2.26. The minimum absolute atomic E-state index is 0.198. The zero-order chi connectivity index (χ0) is 28.4. The first kappa shape index (κ1) is 29.4. The first-order valence-electron chi connectivity index (χ1n) is 13.3. The van der Waals surface area contributed by atoms with Gasteiger partial charge in [0, 0.05) is 28.2 Å². The molecule has 3 rings (SSSR count). The number of benzene rings is 3. The summed E-state index contributed by atoms with van der Waals surface area (Å²) in [6.45, 7) is 15.4. The van der Waals surface area contributed by atoms with Crippen LogP contribution in [0.25, 0.3) is 0 Å². The smallest absolute Gasteiger partial charge is 0.333 e. The second-order valence-electron chi connectivity index (χ2n) is 10.4. The van der Waals surface area contributed by atoms with E-state index in [1.54, 1.807) is 13.8 Å². The van der Waals surface area contributed by atoms with Gasteiger partial charge in [0.25, 0.3) is 0 Å². The van der Waals surface area contributed by atoms with Crippen molar-refractivity contribution in [1.82, 2.24) is 0 Å². The molecule has 5 heteroatoms. The molecule has 0 saturated carbocycles. The average Bonchev–Trinajstić information content (AvgIpc) is 2.93. The van der Waals surface area contributed by atoms with Crippen molar-refractivity contribution < 1.29 is 19.1 Å². The molecule has 3 aromatic rings. The third-order valence-corrected chi connectivity index (χ3v) is 6.27. The zero-order valence-corrected chi connectivity index (χ0v) is 23.5. The number of nitrogens with zero attached hydrogens (tertiary/aromatic N) is 1. The van der Waals surface area contributed by atoms with Crippen LogP contribution >= 0.6 is 0 Å². The van der Waals surface area contributed by atoms with Gasteiger partial charge < -0.3 is 14.4 Å². The highest BCUT2D eigenvalue weighted by molar-refractivity contribution is 5.87. The Morgan fingerprint density at radius 1 is 0.641 bits per heavy atom. The molecular formula is C34H39NO4. The quantitative estimate of drug-likeness (QED) is 0.169. The fraction of sp³-hybridized carbons (Fsp3) is 0.294. The highest BCUT2D eigenvalue weighted by Crippen LogP contribution is 2.34. The van der Waals surface area contributed by atoms with E-state index in [0.29, 0.717) is 24.4 Å². The molecule has 0 radical (unpaired) electrons. The Balaban J connectivity index is 1.71. The van der Waals surface area contributed by atoms with E-state index >= 15 is 0 Å². The maximum absolute atomic E-state index is 11.7. The third-order valence-electron chi connectivity index (χ3n) is 6.27. The van der Waals surface area contributed by atoms with Gasteiger partial charge in [-0.3, -0.25) is 0 Å². The molecule has 0 amide bonds. The molecule has 0 aliphatic carbocycles. The topological polar surface area (TPSA) is 55.8 Å². The molecule has 39 heavy (non-hydrogen) atoms. The lowest BCUT2D eigenvalue weighted by atomic mass is 10.0. The summed E-state index contributed by atoms with van der Waals surface area (Å²) in [6, 6.07) is 27.3. The van der Waals surface area contributed by atoms with Gasteiger partial charge >= 0.3 is 11.9 Å². The van der Waals surface area contributed by atoms with E-state index in [4.69, 9.17) is 9.47 Å². The molecule has 0 aliphatic heterocycles. The molecule has 0 spiro atoms. The molecule has 0 aliphatic rings. The van der Waals surface area contributed by atoms with Gasteiger partial charge in [-0.1, -0.05) is 69.5 Å². The molecule has 204 valence electrons.